The summed E-state index contributed by atoms with van der Waals surface area (Å²) in [7, 11) is -7.31. The number of nitrogens with zero attached hydrogens (tertiary/aromatic N) is 1. The number of hydrogen-bond acceptors (Lipinski definition) is 7. The van der Waals surface area contributed by atoms with Gasteiger partial charge in [-0.25, -0.2) is 13.2 Å². The fraction of sp³-hybridized carbons (Fsp3) is 0.865. The second-order valence-electron chi connectivity index (χ2n) is 12.6. The van der Waals surface area contributed by atoms with Crippen molar-refractivity contribution in [2.75, 3.05) is 12.3 Å². The van der Waals surface area contributed by atoms with Crippen molar-refractivity contribution in [1.29, 1.82) is 0 Å². The van der Waals surface area contributed by atoms with Gasteiger partial charge < -0.3 is 20.9 Å². The summed E-state index contributed by atoms with van der Waals surface area (Å²) in [6, 6.07) is -11.7. The fourth-order valence-corrected chi connectivity index (χ4v) is 6.78. The fourth-order valence-electron chi connectivity index (χ4n) is 5.78. The Labute approximate surface area is 348 Å². The maximum absolute atomic E-state index is 15.7. The number of amides is 4. The van der Waals surface area contributed by atoms with E-state index in [1.807, 2.05) is 0 Å². The third kappa shape index (κ3) is 8.87. The number of hydrogen-bond donors (Lipinski definition) is 3. The Morgan fingerprint density at radius 1 is 1.06 bits per heavy atom. The Bertz CT molecular complexity index is 2830. The number of carbonyl (C=O) groups is 5. The second kappa shape index (κ2) is 14.3. The van der Waals surface area contributed by atoms with Crippen molar-refractivity contribution in [3.8, 4) is 0 Å². The number of ketones is 2. The van der Waals surface area contributed by atoms with Crippen LogP contribution in [-0.2, 0) is 29.0 Å². The molecule has 0 aromatic carbocycles. The molecule has 1 heterocycles. The van der Waals surface area contributed by atoms with Gasteiger partial charge in [0.2, 0.25) is 11.7 Å². The highest BCUT2D eigenvalue weighted by Gasteiger charge is 2.69. The molecule has 4 fully saturated rings. The normalized spacial score (nSPS) is 46.7. The Morgan fingerprint density at radius 2 is 1.73 bits per heavy atom. The Balaban J connectivity index is 2.19. The zero-order valence-electron chi connectivity index (χ0n) is 65.1. The summed E-state index contributed by atoms with van der Waals surface area (Å²) in [6.07, 6.45) is -41.3. The van der Waals surface area contributed by atoms with Gasteiger partial charge in [0, 0.05) is 77.0 Å². The molecule has 3 aliphatic carbocycles. The number of fused-ring (bicyclic) bond motifs is 1. The number of carbonyl (C=O) groups excluding carboxylic acids is 5. The molecular weight excluding hydrogens is 644 g/mol. The van der Waals surface area contributed by atoms with Gasteiger partial charge in [0.25, 0.3) is 5.91 Å². The predicted octanol–water partition coefficient (Wildman–Crippen LogP) is 4.71. The zero-order valence-corrected chi connectivity index (χ0v) is 26.9. The Kier molecular flexibility index (Phi) is 3.58. The van der Waals surface area contributed by atoms with E-state index in [1.165, 1.54) is 19.2 Å². The molecule has 0 spiro atoms. The molecule has 0 unspecified atom stereocenters. The minimum Gasteiger partial charge on any atom is -0.347 e. The van der Waals surface area contributed by atoms with Crippen LogP contribution in [0, 0.1) is 28.6 Å². The first-order chi connectivity index (χ1) is 38.0. The summed E-state index contributed by atoms with van der Waals surface area (Å²) in [6.45, 7) is -32.0. The van der Waals surface area contributed by atoms with E-state index in [0.717, 1.165) is 5.32 Å². The number of sulfone groups is 1. The highest BCUT2D eigenvalue weighted by molar-refractivity contribution is 7.92. The van der Waals surface area contributed by atoms with Crippen LogP contribution in [0.25, 0.3) is 0 Å². The van der Waals surface area contributed by atoms with E-state index in [-0.39, 0.29) is 17.7 Å². The summed E-state index contributed by atoms with van der Waals surface area (Å²) in [5.74, 6) is -19.6. The molecule has 5 atom stereocenters. The lowest BCUT2D eigenvalue weighted by atomic mass is 9.83. The number of nitrogens with one attached hydrogen (secondary N) is 3. The van der Waals surface area contributed by atoms with Gasteiger partial charge in [-0.15, -0.1) is 0 Å². The number of urea groups is 1. The van der Waals surface area contributed by atoms with Gasteiger partial charge >= 0.3 is 6.03 Å². The topological polar surface area (TPSA) is 159 Å². The van der Waals surface area contributed by atoms with Crippen LogP contribution in [-0.4, -0.2) is 83.4 Å². The van der Waals surface area contributed by atoms with Crippen LogP contribution in [0.4, 0.5) is 4.79 Å². The molecule has 4 aliphatic rings. The maximum Gasteiger partial charge on any atom is 0.315 e. The van der Waals surface area contributed by atoms with Crippen molar-refractivity contribution in [3.63, 3.8) is 0 Å². The van der Waals surface area contributed by atoms with Gasteiger partial charge in [-0.05, 0) is 75.2 Å². The standard InChI is InChI=1S/C37H62N4O7S/c1-10-11-15-23(29(43)31(44)38-24-16-17-24)20-26(42)28-27-25(36(27,8)9)21-41(28)32(45)30(34(2,3)4)39-33(46)40-37(18-13-12-14-19-37)22-49(47,48)35(5,6)7/h23-25,27-28,30H,10-22H2,1-9H3,(H,38,44)(H2,39,40,46)/t23-,25+,27+,28-,30-/m1/s1/i1D3,2D3,3D3,4D3,5D3,6D3,7D3,10D2,11D2,12D2,13D2,14D2,15D2,18D2,19D2,23D,24D. The zero-order chi connectivity index (χ0) is 70.4. The summed E-state index contributed by atoms with van der Waals surface area (Å²) in [5.41, 5.74) is -11.5. The molecule has 1 aliphatic heterocycles. The third-order valence-electron chi connectivity index (χ3n) is 8.55. The van der Waals surface area contributed by atoms with Crippen molar-refractivity contribution < 1.29 is 85.9 Å². The van der Waals surface area contributed by atoms with Crippen molar-refractivity contribution in [1.82, 2.24) is 20.9 Å². The summed E-state index contributed by atoms with van der Waals surface area (Å²) >= 11 is 0. The van der Waals surface area contributed by atoms with Gasteiger partial charge in [0.15, 0.2) is 15.6 Å². The van der Waals surface area contributed by atoms with E-state index in [1.54, 1.807) is 5.32 Å². The second-order valence-corrected chi connectivity index (χ2v) is 14.7. The minimum absolute atomic E-state index is 0.00817. The largest absolute Gasteiger partial charge is 0.347 e. The number of Topliss-reactive ketones (excluding diaryl/α,β-unsaturated/α-hetero) is 2. The van der Waals surface area contributed by atoms with Crippen LogP contribution in [0.3, 0.4) is 0 Å². The van der Waals surface area contributed by atoms with Gasteiger partial charge in [-0.1, -0.05) is 73.1 Å². The number of piperidine rings is 1. The third-order valence-corrected chi connectivity index (χ3v) is 10.3. The van der Waals surface area contributed by atoms with E-state index in [4.69, 9.17) is 52.1 Å². The number of rotatable bonds is 14. The lowest BCUT2D eigenvalue weighted by Gasteiger charge is -2.41. The van der Waals surface area contributed by atoms with Crippen molar-refractivity contribution in [3.05, 3.63) is 0 Å². The van der Waals surface area contributed by atoms with Crippen molar-refractivity contribution in [2.45, 2.75) is 160 Å². The summed E-state index contributed by atoms with van der Waals surface area (Å²) in [5, 5.41) is 3.98. The molecular formula is C37H62N4O7S. The SMILES string of the molecule is [2H]C1(NC(=O)C(=O)[C@@]([2H])(CC(=O)[C@@H]2[C@@H]3[C@H](CN2C(=O)[C@@H](NC(=O)NC2(CS(=O)(=O)C(C([2H])([2H])[2H])(C([2H])([2H])[2H])C([2H])([2H])[2H])C([2H])([2H])C([2H])([2H])C([2H])([2H])C([2H])([2H])C2([2H])[2H])C(C([2H])([2H])[2H])(C([2H])([2H])[2H])C([2H])([2H])[2H])C3(C)C)C([2H])([2H])C([2H])([2H])C([2H])([2H])C([2H])([2H])[2H])CC1. The van der Waals surface area contributed by atoms with Crippen molar-refractivity contribution in [2.24, 2.45) is 28.6 Å². The minimum atomic E-state index is -7.31. The molecule has 3 saturated carbocycles. The average molecular weight is 746 g/mol. The highest BCUT2D eigenvalue weighted by atomic mass is 32.2. The molecule has 0 bridgehead atoms. The van der Waals surface area contributed by atoms with Crippen LogP contribution in [0.1, 0.15) is 186 Å². The van der Waals surface area contributed by atoms with Gasteiger partial charge in [-0.3, -0.25) is 19.2 Å². The molecule has 1 saturated heterocycles. The van der Waals surface area contributed by atoms with Crippen LogP contribution in [0.2, 0.25) is 0 Å². The highest BCUT2D eigenvalue weighted by Crippen LogP contribution is 2.65. The first-order valence-corrected chi connectivity index (χ1v) is 16.1. The lowest BCUT2D eigenvalue weighted by Crippen LogP contribution is -2.63. The molecule has 12 heteroatoms. The molecule has 4 rings (SSSR count). The molecule has 11 nitrogen and oxygen atoms in total. The smallest absolute Gasteiger partial charge is 0.315 e. The molecule has 49 heavy (non-hydrogen) atoms. The first kappa shape index (κ1) is 12.3. The average Bonchev–Trinajstić information content (AvgIpc) is 0.872. The number of likely N-dealkylation sites (tertiary alicyclic amines) is 1. The Hall–Kier alpha value is -2.50. The molecule has 0 aromatic rings. The molecule has 3 N–H and O–H groups in total. The summed E-state index contributed by atoms with van der Waals surface area (Å²) < 4.78 is 352. The predicted molar refractivity (Wildman–Crippen MR) is 189 cm³/mol. The van der Waals surface area contributed by atoms with Crippen LogP contribution < -0.4 is 16.0 Å². The van der Waals surface area contributed by atoms with Crippen molar-refractivity contribution >= 4 is 39.2 Å². The van der Waals surface area contributed by atoms with Crippen LogP contribution in [0.5, 0.6) is 0 Å². The van der Waals surface area contributed by atoms with E-state index < -0.39 is 214 Å². The first-order valence-electron chi connectivity index (χ1n) is 34.0. The molecule has 0 radical (unpaired) electrons. The lowest BCUT2D eigenvalue weighted by molar-refractivity contribution is -0.145. The van der Waals surface area contributed by atoms with Gasteiger partial charge in [0.1, 0.15) is 6.04 Å². The Morgan fingerprint density at radius 3 is 2.33 bits per heavy atom. The quantitative estimate of drug-likeness (QED) is 0.217. The maximum atomic E-state index is 15.7. The van der Waals surface area contributed by atoms with Gasteiger partial charge in [-0.2, -0.15) is 0 Å². The van der Waals surface area contributed by atoms with Gasteiger partial charge in [0.05, 0.1) is 23.5 Å². The molecule has 278 valence electrons. The monoisotopic (exact) mass is 746 g/mol. The van der Waals surface area contributed by atoms with E-state index in [2.05, 4.69) is 0 Å². The van der Waals surface area contributed by atoms with E-state index >= 15 is 14.4 Å². The van der Waals surface area contributed by atoms with E-state index in [9.17, 15) is 19.4 Å². The van der Waals surface area contributed by atoms with Crippen LogP contribution in [0.15, 0.2) is 0 Å². The van der Waals surface area contributed by atoms with E-state index in [0.29, 0.717) is 0 Å². The van der Waals surface area contributed by atoms with Crippen LogP contribution >= 0.6 is 0 Å². The summed E-state index contributed by atoms with van der Waals surface area (Å²) in [4.78, 5) is 73.6. The molecule has 0 aromatic heterocycles. The molecule has 4 amide bonds.